The summed E-state index contributed by atoms with van der Waals surface area (Å²) in [4.78, 5) is 22.9. The molecule has 2 fully saturated rings. The largest absolute Gasteiger partial charge is 0.381 e. The minimum absolute atomic E-state index is 0.125. The average Bonchev–Trinajstić information content (AvgIpc) is 2.89. The third-order valence-corrected chi connectivity index (χ3v) is 4.52. The van der Waals surface area contributed by atoms with Crippen LogP contribution in [0, 0.1) is 11.3 Å². The van der Waals surface area contributed by atoms with Gasteiger partial charge in [-0.05, 0) is 13.3 Å². The first kappa shape index (κ1) is 14.1. The highest BCUT2D eigenvalue weighted by Crippen LogP contribution is 2.43. The summed E-state index contributed by atoms with van der Waals surface area (Å²) in [5.74, 6) is 1.43. The van der Waals surface area contributed by atoms with E-state index in [-0.39, 0.29) is 11.8 Å². The quantitative estimate of drug-likeness (QED) is 0.825. The van der Waals surface area contributed by atoms with E-state index in [2.05, 4.69) is 20.2 Å². The molecule has 0 spiro atoms. The predicted molar refractivity (Wildman–Crippen MR) is 79.0 cm³/mol. The van der Waals surface area contributed by atoms with E-state index < -0.39 is 5.41 Å². The standard InChI is InChI=1S/C14H21N5O2/c1-2-16-11-12(18-5-4-17-11)19-7-10-8-21-6-3-14(10,9-19)13(15)20/h4-5,10H,2-3,6-9H2,1H3,(H2,15,20)(H,16,17)/t10-,14+/m1/s1. The Kier molecular flexibility index (Phi) is 3.67. The molecule has 0 aliphatic carbocycles. The van der Waals surface area contributed by atoms with Gasteiger partial charge in [0, 0.05) is 44.6 Å². The lowest BCUT2D eigenvalue weighted by Gasteiger charge is -2.35. The van der Waals surface area contributed by atoms with Gasteiger partial charge in [-0.15, -0.1) is 0 Å². The topological polar surface area (TPSA) is 93.4 Å². The molecule has 2 saturated heterocycles. The van der Waals surface area contributed by atoms with Crippen LogP contribution in [0.1, 0.15) is 13.3 Å². The summed E-state index contributed by atoms with van der Waals surface area (Å²) in [6, 6.07) is 0. The Morgan fingerprint density at radius 3 is 3.10 bits per heavy atom. The van der Waals surface area contributed by atoms with Crippen LogP contribution in [-0.2, 0) is 9.53 Å². The van der Waals surface area contributed by atoms with Crippen molar-refractivity contribution >= 4 is 17.5 Å². The molecule has 2 aliphatic heterocycles. The van der Waals surface area contributed by atoms with Crippen molar-refractivity contribution in [1.82, 2.24) is 9.97 Å². The van der Waals surface area contributed by atoms with Crippen LogP contribution in [0.15, 0.2) is 12.4 Å². The Morgan fingerprint density at radius 1 is 1.57 bits per heavy atom. The van der Waals surface area contributed by atoms with Crippen LogP contribution in [0.4, 0.5) is 11.6 Å². The zero-order valence-electron chi connectivity index (χ0n) is 12.2. The van der Waals surface area contributed by atoms with Gasteiger partial charge < -0.3 is 20.7 Å². The lowest BCUT2D eigenvalue weighted by atomic mass is 9.74. The van der Waals surface area contributed by atoms with E-state index in [0.717, 1.165) is 24.7 Å². The molecule has 21 heavy (non-hydrogen) atoms. The number of nitrogens with one attached hydrogen (secondary N) is 1. The number of fused-ring (bicyclic) bond motifs is 1. The number of anilines is 2. The van der Waals surface area contributed by atoms with Gasteiger partial charge in [0.1, 0.15) is 0 Å². The first-order valence-electron chi connectivity index (χ1n) is 7.35. The lowest BCUT2D eigenvalue weighted by Crippen LogP contribution is -2.48. The van der Waals surface area contributed by atoms with Gasteiger partial charge in [-0.25, -0.2) is 9.97 Å². The minimum atomic E-state index is -0.501. The van der Waals surface area contributed by atoms with Crippen LogP contribution in [0.2, 0.25) is 0 Å². The van der Waals surface area contributed by atoms with Crippen molar-refractivity contribution in [3.8, 4) is 0 Å². The summed E-state index contributed by atoms with van der Waals surface area (Å²) < 4.78 is 5.53. The van der Waals surface area contributed by atoms with Crippen molar-refractivity contribution in [2.75, 3.05) is 43.1 Å². The van der Waals surface area contributed by atoms with E-state index in [1.54, 1.807) is 12.4 Å². The summed E-state index contributed by atoms with van der Waals surface area (Å²) in [5.41, 5.74) is 5.21. The van der Waals surface area contributed by atoms with Crippen LogP contribution >= 0.6 is 0 Å². The molecular weight excluding hydrogens is 270 g/mol. The number of hydrogen-bond acceptors (Lipinski definition) is 6. The summed E-state index contributed by atoms with van der Waals surface area (Å²) >= 11 is 0. The van der Waals surface area contributed by atoms with Crippen molar-refractivity contribution in [2.45, 2.75) is 13.3 Å². The Labute approximate surface area is 123 Å². The van der Waals surface area contributed by atoms with Crippen molar-refractivity contribution in [3.05, 3.63) is 12.4 Å². The lowest BCUT2D eigenvalue weighted by molar-refractivity contribution is -0.135. The Bertz CT molecular complexity index is 538. The van der Waals surface area contributed by atoms with E-state index in [0.29, 0.717) is 26.2 Å². The zero-order valence-corrected chi connectivity index (χ0v) is 12.2. The summed E-state index contributed by atoms with van der Waals surface area (Å²) in [6.45, 7) is 5.27. The summed E-state index contributed by atoms with van der Waals surface area (Å²) in [5, 5.41) is 3.21. The van der Waals surface area contributed by atoms with Gasteiger partial charge >= 0.3 is 0 Å². The molecule has 0 radical (unpaired) electrons. The second kappa shape index (κ2) is 5.48. The van der Waals surface area contributed by atoms with Gasteiger partial charge in [0.15, 0.2) is 11.6 Å². The molecular formula is C14H21N5O2. The number of aromatic nitrogens is 2. The molecule has 0 saturated carbocycles. The van der Waals surface area contributed by atoms with Gasteiger partial charge in [-0.1, -0.05) is 0 Å². The third kappa shape index (κ3) is 2.31. The average molecular weight is 291 g/mol. The molecule has 1 aromatic rings. The number of amides is 1. The SMILES string of the molecule is CCNc1nccnc1N1C[C@@H]2COCC[C@]2(C(N)=O)C1. The highest BCUT2D eigenvalue weighted by molar-refractivity contribution is 5.83. The number of nitrogens with zero attached hydrogens (tertiary/aromatic N) is 3. The minimum Gasteiger partial charge on any atom is -0.381 e. The molecule has 1 amide bonds. The van der Waals surface area contributed by atoms with E-state index >= 15 is 0 Å². The molecule has 3 heterocycles. The molecule has 114 valence electrons. The molecule has 7 nitrogen and oxygen atoms in total. The third-order valence-electron chi connectivity index (χ3n) is 4.52. The number of ether oxygens (including phenoxy) is 1. The maximum atomic E-state index is 12.0. The Morgan fingerprint density at radius 2 is 2.38 bits per heavy atom. The molecule has 0 aromatic carbocycles. The first-order valence-corrected chi connectivity index (χ1v) is 7.35. The maximum absolute atomic E-state index is 12.0. The fraction of sp³-hybridized carbons (Fsp3) is 0.643. The van der Waals surface area contributed by atoms with Crippen LogP contribution in [0.3, 0.4) is 0 Å². The van der Waals surface area contributed by atoms with Crippen molar-refractivity contribution in [1.29, 1.82) is 0 Å². The summed E-state index contributed by atoms with van der Waals surface area (Å²) in [6.07, 6.45) is 4.02. The van der Waals surface area contributed by atoms with E-state index in [9.17, 15) is 4.79 Å². The molecule has 3 rings (SSSR count). The molecule has 0 bridgehead atoms. The van der Waals surface area contributed by atoms with Crippen LogP contribution in [0.25, 0.3) is 0 Å². The van der Waals surface area contributed by atoms with Gasteiger partial charge in [-0.3, -0.25) is 4.79 Å². The zero-order chi connectivity index (χ0) is 14.9. The van der Waals surface area contributed by atoms with Gasteiger partial charge in [0.25, 0.3) is 0 Å². The number of rotatable bonds is 4. The predicted octanol–water partition coefficient (Wildman–Crippen LogP) is 0.237. The van der Waals surface area contributed by atoms with E-state index in [1.165, 1.54) is 0 Å². The number of nitrogens with two attached hydrogens (primary N) is 1. The van der Waals surface area contributed by atoms with E-state index in [1.807, 2.05) is 6.92 Å². The van der Waals surface area contributed by atoms with Crippen molar-refractivity contribution in [3.63, 3.8) is 0 Å². The Balaban J connectivity index is 1.90. The molecule has 2 atom stereocenters. The van der Waals surface area contributed by atoms with Crippen LogP contribution < -0.4 is 16.0 Å². The number of primary amides is 1. The normalized spacial score (nSPS) is 28.2. The number of hydrogen-bond donors (Lipinski definition) is 2. The number of carbonyl (C=O) groups excluding carboxylic acids is 1. The van der Waals surface area contributed by atoms with Gasteiger partial charge in [0.2, 0.25) is 5.91 Å². The van der Waals surface area contributed by atoms with Crippen molar-refractivity contribution in [2.24, 2.45) is 17.1 Å². The molecule has 3 N–H and O–H groups in total. The number of carbonyl (C=O) groups is 1. The van der Waals surface area contributed by atoms with Crippen molar-refractivity contribution < 1.29 is 9.53 Å². The van der Waals surface area contributed by atoms with E-state index in [4.69, 9.17) is 10.5 Å². The fourth-order valence-electron chi connectivity index (χ4n) is 3.37. The highest BCUT2D eigenvalue weighted by atomic mass is 16.5. The fourth-order valence-corrected chi connectivity index (χ4v) is 3.37. The Hall–Kier alpha value is -1.89. The molecule has 2 aliphatic rings. The summed E-state index contributed by atoms with van der Waals surface area (Å²) in [7, 11) is 0. The molecule has 0 unspecified atom stereocenters. The second-order valence-electron chi connectivity index (χ2n) is 5.68. The first-order chi connectivity index (χ1) is 10.2. The van der Waals surface area contributed by atoms with Gasteiger partial charge in [-0.2, -0.15) is 0 Å². The monoisotopic (exact) mass is 291 g/mol. The molecule has 1 aromatic heterocycles. The van der Waals surface area contributed by atoms with Crippen LogP contribution in [0.5, 0.6) is 0 Å². The molecule has 7 heteroatoms. The van der Waals surface area contributed by atoms with Crippen LogP contribution in [-0.4, -0.2) is 48.7 Å². The smallest absolute Gasteiger partial charge is 0.225 e. The maximum Gasteiger partial charge on any atom is 0.225 e. The highest BCUT2D eigenvalue weighted by Gasteiger charge is 2.53. The van der Waals surface area contributed by atoms with Gasteiger partial charge in [0.05, 0.1) is 12.0 Å². The second-order valence-corrected chi connectivity index (χ2v) is 5.68.